The zero-order chi connectivity index (χ0) is 13.1. The highest BCUT2D eigenvalue weighted by atomic mass is 16.5. The molecule has 98 valence electrons. The second kappa shape index (κ2) is 5.32. The second-order valence-corrected chi connectivity index (χ2v) is 4.51. The Balaban J connectivity index is 2.05. The fraction of sp³-hybridized carbons (Fsp3) is 0.500. The van der Waals surface area contributed by atoms with Gasteiger partial charge in [0.2, 0.25) is 18.3 Å². The fourth-order valence-electron chi connectivity index (χ4n) is 2.12. The number of nitrogens with zero attached hydrogens (tertiary/aromatic N) is 2. The SMILES string of the molecule is N[C@@H](C(=O)N1CCCC1)[C@@H](O)c1cc[n+](O)cc1. The van der Waals surface area contributed by atoms with Crippen molar-refractivity contribution in [2.24, 2.45) is 5.73 Å². The highest BCUT2D eigenvalue weighted by Crippen LogP contribution is 2.17. The number of hydrogen-bond acceptors (Lipinski definition) is 4. The van der Waals surface area contributed by atoms with Gasteiger partial charge >= 0.3 is 0 Å². The van der Waals surface area contributed by atoms with Crippen molar-refractivity contribution in [3.05, 3.63) is 30.1 Å². The van der Waals surface area contributed by atoms with E-state index in [0.29, 0.717) is 18.7 Å². The first-order valence-electron chi connectivity index (χ1n) is 6.02. The zero-order valence-corrected chi connectivity index (χ0v) is 10.1. The molecule has 0 spiro atoms. The predicted octanol–water partition coefficient (Wildman–Crippen LogP) is -0.805. The Hall–Kier alpha value is -1.66. The number of carbonyl (C=O) groups excluding carboxylic acids is 1. The molecule has 0 radical (unpaired) electrons. The highest BCUT2D eigenvalue weighted by molar-refractivity contribution is 5.82. The summed E-state index contributed by atoms with van der Waals surface area (Å²) in [4.78, 5) is 13.7. The van der Waals surface area contributed by atoms with Gasteiger partial charge in [0.05, 0.1) is 0 Å². The van der Waals surface area contributed by atoms with Gasteiger partial charge in [-0.15, -0.1) is 0 Å². The quantitative estimate of drug-likeness (QED) is 0.485. The lowest BCUT2D eigenvalue weighted by molar-refractivity contribution is -0.904. The molecule has 2 rings (SSSR count). The summed E-state index contributed by atoms with van der Waals surface area (Å²) < 4.78 is 0.865. The second-order valence-electron chi connectivity index (χ2n) is 4.51. The van der Waals surface area contributed by atoms with E-state index in [1.165, 1.54) is 24.5 Å². The van der Waals surface area contributed by atoms with Crippen LogP contribution in [0.4, 0.5) is 0 Å². The number of nitrogens with two attached hydrogens (primary N) is 1. The van der Waals surface area contributed by atoms with Crippen LogP contribution in [0, 0.1) is 0 Å². The first-order valence-corrected chi connectivity index (χ1v) is 6.02. The summed E-state index contributed by atoms with van der Waals surface area (Å²) in [5.74, 6) is -0.222. The molecule has 1 amide bonds. The molecule has 18 heavy (non-hydrogen) atoms. The Bertz CT molecular complexity index is 415. The highest BCUT2D eigenvalue weighted by Gasteiger charge is 2.30. The summed E-state index contributed by atoms with van der Waals surface area (Å²) in [6.45, 7) is 1.43. The van der Waals surface area contributed by atoms with E-state index in [0.717, 1.165) is 17.6 Å². The topological polar surface area (TPSA) is 90.7 Å². The van der Waals surface area contributed by atoms with E-state index < -0.39 is 12.1 Å². The van der Waals surface area contributed by atoms with Crippen molar-refractivity contribution < 1.29 is 19.8 Å². The first kappa shape index (κ1) is 12.8. The maximum absolute atomic E-state index is 12.0. The minimum Gasteiger partial charge on any atom is -0.386 e. The molecule has 0 unspecified atom stereocenters. The molecule has 0 bridgehead atoms. The standard InChI is InChI=1S/C12H18N3O3/c13-10(12(17)14-5-1-2-6-14)11(16)9-3-7-15(18)8-4-9/h3-4,7-8,10-11,16,18H,1-2,5-6,13H2/q+1/t10-,11+/m1/s1. The molecule has 2 heterocycles. The van der Waals surface area contributed by atoms with Crippen LogP contribution in [0.1, 0.15) is 24.5 Å². The molecule has 0 saturated carbocycles. The van der Waals surface area contributed by atoms with Gasteiger partial charge in [-0.3, -0.25) is 10.0 Å². The number of carbonyl (C=O) groups is 1. The molecule has 1 aliphatic rings. The van der Waals surface area contributed by atoms with Crippen LogP contribution < -0.4 is 10.5 Å². The molecule has 6 nitrogen and oxygen atoms in total. The number of amides is 1. The van der Waals surface area contributed by atoms with E-state index in [4.69, 9.17) is 10.9 Å². The maximum atomic E-state index is 12.0. The van der Waals surface area contributed by atoms with Gasteiger partial charge in [-0.25, -0.2) is 0 Å². The monoisotopic (exact) mass is 252 g/mol. The number of likely N-dealkylation sites (tertiary alicyclic amines) is 1. The van der Waals surface area contributed by atoms with Crippen molar-refractivity contribution >= 4 is 5.91 Å². The van der Waals surface area contributed by atoms with Crippen molar-refractivity contribution in [2.45, 2.75) is 25.0 Å². The third-order valence-electron chi connectivity index (χ3n) is 3.22. The van der Waals surface area contributed by atoms with Crippen LogP contribution in [0.15, 0.2) is 24.5 Å². The first-order chi connectivity index (χ1) is 8.59. The molecule has 1 saturated heterocycles. The van der Waals surface area contributed by atoms with Gasteiger partial charge < -0.3 is 15.7 Å². The lowest BCUT2D eigenvalue weighted by Gasteiger charge is -2.23. The van der Waals surface area contributed by atoms with Crippen LogP contribution in [-0.2, 0) is 4.79 Å². The smallest absolute Gasteiger partial charge is 0.242 e. The molecule has 4 N–H and O–H groups in total. The number of aliphatic hydroxyl groups is 1. The van der Waals surface area contributed by atoms with Crippen LogP contribution in [0.25, 0.3) is 0 Å². The fourth-order valence-corrected chi connectivity index (χ4v) is 2.12. The van der Waals surface area contributed by atoms with Gasteiger partial charge in [0.25, 0.3) is 0 Å². The molecule has 1 fully saturated rings. The molecule has 6 heteroatoms. The largest absolute Gasteiger partial charge is 0.386 e. The van der Waals surface area contributed by atoms with Crippen LogP contribution in [-0.4, -0.2) is 40.3 Å². The molecular weight excluding hydrogens is 234 g/mol. The molecule has 0 aromatic carbocycles. The Kier molecular flexibility index (Phi) is 3.78. The number of aromatic nitrogens is 1. The van der Waals surface area contributed by atoms with Gasteiger partial charge in [-0.2, -0.15) is 0 Å². The number of pyridine rings is 1. The predicted molar refractivity (Wildman–Crippen MR) is 62.6 cm³/mol. The molecular formula is C12H18N3O3+. The summed E-state index contributed by atoms with van der Waals surface area (Å²) in [5.41, 5.74) is 6.31. The molecule has 2 atom stereocenters. The summed E-state index contributed by atoms with van der Waals surface area (Å²) in [6.07, 6.45) is 3.69. The molecule has 1 aliphatic heterocycles. The zero-order valence-electron chi connectivity index (χ0n) is 10.1. The van der Waals surface area contributed by atoms with Crippen molar-refractivity contribution in [3.8, 4) is 0 Å². The van der Waals surface area contributed by atoms with Crippen LogP contribution in [0.3, 0.4) is 0 Å². The average molecular weight is 252 g/mol. The van der Waals surface area contributed by atoms with E-state index in [9.17, 15) is 9.90 Å². The van der Waals surface area contributed by atoms with Gasteiger partial charge in [0, 0.05) is 30.0 Å². The maximum Gasteiger partial charge on any atom is 0.242 e. The van der Waals surface area contributed by atoms with Crippen molar-refractivity contribution in [1.29, 1.82) is 0 Å². The van der Waals surface area contributed by atoms with Gasteiger partial charge in [0.15, 0.2) is 0 Å². The minimum absolute atomic E-state index is 0.222. The number of rotatable bonds is 3. The van der Waals surface area contributed by atoms with Crippen molar-refractivity contribution in [3.63, 3.8) is 0 Å². The van der Waals surface area contributed by atoms with Crippen molar-refractivity contribution in [2.75, 3.05) is 13.1 Å². The summed E-state index contributed by atoms with van der Waals surface area (Å²) in [7, 11) is 0. The Morgan fingerprint density at radius 1 is 1.33 bits per heavy atom. The lowest BCUT2D eigenvalue weighted by atomic mass is 10.0. The third-order valence-corrected chi connectivity index (χ3v) is 3.22. The Morgan fingerprint density at radius 2 is 1.89 bits per heavy atom. The lowest BCUT2D eigenvalue weighted by Crippen LogP contribution is -2.46. The van der Waals surface area contributed by atoms with Crippen LogP contribution in [0.2, 0.25) is 0 Å². The summed E-state index contributed by atoms with van der Waals surface area (Å²) in [5, 5.41) is 19.1. The normalized spacial score (nSPS) is 18.7. The molecule has 1 aromatic heterocycles. The third kappa shape index (κ3) is 2.60. The van der Waals surface area contributed by atoms with Crippen molar-refractivity contribution in [1.82, 2.24) is 4.90 Å². The average Bonchev–Trinajstić information content (AvgIpc) is 2.91. The van der Waals surface area contributed by atoms with Gasteiger partial charge in [0.1, 0.15) is 12.1 Å². The number of hydrogen-bond donors (Lipinski definition) is 3. The van der Waals surface area contributed by atoms with E-state index in [-0.39, 0.29) is 5.91 Å². The number of aliphatic hydroxyl groups excluding tert-OH is 1. The van der Waals surface area contributed by atoms with Gasteiger partial charge in [-0.05, 0) is 18.4 Å². The summed E-state index contributed by atoms with van der Waals surface area (Å²) >= 11 is 0. The van der Waals surface area contributed by atoms with Gasteiger partial charge in [-0.1, -0.05) is 0 Å². The van der Waals surface area contributed by atoms with E-state index in [2.05, 4.69) is 0 Å². The van der Waals surface area contributed by atoms with E-state index >= 15 is 0 Å². The Morgan fingerprint density at radius 3 is 2.44 bits per heavy atom. The Labute approximate surface area is 105 Å². The van der Waals surface area contributed by atoms with Crippen LogP contribution in [0.5, 0.6) is 0 Å². The summed E-state index contributed by atoms with van der Waals surface area (Å²) in [6, 6.07) is 2.10. The molecule has 1 aromatic rings. The van der Waals surface area contributed by atoms with E-state index in [1.54, 1.807) is 4.90 Å². The molecule has 0 aliphatic carbocycles. The minimum atomic E-state index is -1.06. The van der Waals surface area contributed by atoms with Crippen LogP contribution >= 0.6 is 0 Å². The van der Waals surface area contributed by atoms with E-state index in [1.807, 2.05) is 0 Å².